The minimum absolute atomic E-state index is 0.293. The topological polar surface area (TPSA) is 20.3 Å². The van der Waals surface area contributed by atoms with Gasteiger partial charge in [-0.3, -0.25) is 4.79 Å². The van der Waals surface area contributed by atoms with Crippen LogP contribution in [0.3, 0.4) is 0 Å². The van der Waals surface area contributed by atoms with Crippen molar-refractivity contribution in [3.05, 3.63) is 35.1 Å². The number of alkyl halides is 3. The number of benzene rings is 1. The van der Waals surface area contributed by atoms with E-state index >= 15 is 0 Å². The van der Waals surface area contributed by atoms with Crippen LogP contribution in [0.5, 0.6) is 0 Å². The maximum absolute atomic E-state index is 13.1. The zero-order valence-corrected chi connectivity index (χ0v) is 10.0. The van der Waals surface area contributed by atoms with E-state index in [1.165, 1.54) is 11.9 Å². The van der Waals surface area contributed by atoms with E-state index in [9.17, 15) is 22.4 Å². The summed E-state index contributed by atoms with van der Waals surface area (Å²) in [6.07, 6.45) is -4.00. The summed E-state index contributed by atoms with van der Waals surface area (Å²) in [7, 11) is 1.46. The third-order valence-electron chi connectivity index (χ3n) is 2.38. The van der Waals surface area contributed by atoms with Crippen molar-refractivity contribution >= 4 is 5.91 Å². The molecule has 0 N–H and O–H groups in total. The molecular weight excluding hydrogens is 250 g/mol. The first-order valence-corrected chi connectivity index (χ1v) is 5.39. The predicted octanol–water partition coefficient (Wildman–Crippen LogP) is 3.33. The lowest BCUT2D eigenvalue weighted by atomic mass is 10.1. The van der Waals surface area contributed by atoms with Crippen molar-refractivity contribution in [2.24, 2.45) is 0 Å². The third kappa shape index (κ3) is 3.45. The molecule has 0 heterocycles. The molecule has 0 radical (unpaired) electrons. The molecule has 0 aliphatic rings. The number of amides is 1. The van der Waals surface area contributed by atoms with Crippen molar-refractivity contribution in [3.63, 3.8) is 0 Å². The Labute approximate surface area is 102 Å². The van der Waals surface area contributed by atoms with Gasteiger partial charge in [0.2, 0.25) is 0 Å². The van der Waals surface area contributed by atoms with Gasteiger partial charge in [0.15, 0.2) is 0 Å². The van der Waals surface area contributed by atoms with Gasteiger partial charge in [-0.25, -0.2) is 4.39 Å². The standard InChI is InChI=1S/C12H13F4NO/c1-3-4-17(2)11(18)8-5-9(12(14,15)16)7-10(13)6-8/h5-7H,3-4H2,1-2H3. The molecule has 100 valence electrons. The molecule has 6 heteroatoms. The highest BCUT2D eigenvalue weighted by Gasteiger charge is 2.32. The molecule has 0 fully saturated rings. The van der Waals surface area contributed by atoms with Crippen LogP contribution in [0.2, 0.25) is 0 Å². The second-order valence-electron chi connectivity index (χ2n) is 3.95. The van der Waals surface area contributed by atoms with Crippen LogP contribution in [0.1, 0.15) is 29.3 Å². The Morgan fingerprint density at radius 2 is 1.89 bits per heavy atom. The SMILES string of the molecule is CCCN(C)C(=O)c1cc(F)cc(C(F)(F)F)c1. The molecule has 18 heavy (non-hydrogen) atoms. The van der Waals surface area contributed by atoms with Crippen molar-refractivity contribution in [3.8, 4) is 0 Å². The molecule has 1 amide bonds. The summed E-state index contributed by atoms with van der Waals surface area (Å²) in [6, 6.07) is 1.85. The molecular formula is C12H13F4NO. The fraction of sp³-hybridized carbons (Fsp3) is 0.417. The maximum Gasteiger partial charge on any atom is 0.416 e. The lowest BCUT2D eigenvalue weighted by molar-refractivity contribution is -0.137. The summed E-state index contributed by atoms with van der Waals surface area (Å²) in [6.45, 7) is 2.23. The molecule has 0 aliphatic heterocycles. The number of halogens is 4. The van der Waals surface area contributed by atoms with Crippen molar-refractivity contribution in [1.82, 2.24) is 4.90 Å². The van der Waals surface area contributed by atoms with Gasteiger partial charge < -0.3 is 4.90 Å². The number of hydrogen-bond acceptors (Lipinski definition) is 1. The minimum atomic E-state index is -4.67. The second kappa shape index (κ2) is 5.37. The molecule has 0 atom stereocenters. The normalized spacial score (nSPS) is 11.4. The zero-order valence-electron chi connectivity index (χ0n) is 10.0. The Hall–Kier alpha value is -1.59. The van der Waals surface area contributed by atoms with Gasteiger partial charge in [0.1, 0.15) is 5.82 Å². The predicted molar refractivity (Wildman–Crippen MR) is 58.7 cm³/mol. The largest absolute Gasteiger partial charge is 0.416 e. The van der Waals surface area contributed by atoms with Crippen LogP contribution in [0.4, 0.5) is 17.6 Å². The molecule has 0 saturated heterocycles. The number of hydrogen-bond donors (Lipinski definition) is 0. The molecule has 0 aliphatic carbocycles. The number of carbonyl (C=O) groups excluding carboxylic acids is 1. The fourth-order valence-corrected chi connectivity index (χ4v) is 1.53. The number of rotatable bonds is 3. The second-order valence-corrected chi connectivity index (χ2v) is 3.95. The van der Waals surface area contributed by atoms with E-state index < -0.39 is 23.5 Å². The van der Waals surface area contributed by atoms with Crippen molar-refractivity contribution in [2.75, 3.05) is 13.6 Å². The van der Waals surface area contributed by atoms with Gasteiger partial charge in [-0.15, -0.1) is 0 Å². The third-order valence-corrected chi connectivity index (χ3v) is 2.38. The van der Waals surface area contributed by atoms with Gasteiger partial charge in [-0.2, -0.15) is 13.2 Å². The highest BCUT2D eigenvalue weighted by atomic mass is 19.4. The average Bonchev–Trinajstić information content (AvgIpc) is 2.26. The van der Waals surface area contributed by atoms with E-state index in [4.69, 9.17) is 0 Å². The highest BCUT2D eigenvalue weighted by molar-refractivity contribution is 5.94. The first-order chi connectivity index (χ1) is 8.25. The van der Waals surface area contributed by atoms with Crippen molar-refractivity contribution in [1.29, 1.82) is 0 Å². The molecule has 0 spiro atoms. The van der Waals surface area contributed by atoms with Crippen LogP contribution in [0.15, 0.2) is 18.2 Å². The lowest BCUT2D eigenvalue weighted by Gasteiger charge is -2.17. The Kier molecular flexibility index (Phi) is 4.32. The van der Waals surface area contributed by atoms with Crippen molar-refractivity contribution in [2.45, 2.75) is 19.5 Å². The Morgan fingerprint density at radius 3 is 2.39 bits per heavy atom. The fourth-order valence-electron chi connectivity index (χ4n) is 1.53. The van der Waals surface area contributed by atoms with Gasteiger partial charge in [-0.1, -0.05) is 6.92 Å². The minimum Gasteiger partial charge on any atom is -0.342 e. The van der Waals surface area contributed by atoms with Crippen molar-refractivity contribution < 1.29 is 22.4 Å². The van der Waals surface area contributed by atoms with Crippen LogP contribution in [0.25, 0.3) is 0 Å². The maximum atomic E-state index is 13.1. The van der Waals surface area contributed by atoms with E-state index in [-0.39, 0.29) is 5.56 Å². The number of nitrogens with zero attached hydrogens (tertiary/aromatic N) is 1. The van der Waals surface area contributed by atoms with E-state index in [1.807, 2.05) is 6.92 Å². The summed E-state index contributed by atoms with van der Waals surface area (Å²) < 4.78 is 50.5. The van der Waals surface area contributed by atoms with E-state index in [2.05, 4.69) is 0 Å². The van der Waals surface area contributed by atoms with Gasteiger partial charge in [0.05, 0.1) is 5.56 Å². The van der Waals surface area contributed by atoms with Gasteiger partial charge >= 0.3 is 6.18 Å². The first kappa shape index (κ1) is 14.5. The Morgan fingerprint density at radius 1 is 1.28 bits per heavy atom. The summed E-state index contributed by atoms with van der Waals surface area (Å²) in [5.41, 5.74) is -1.45. The van der Waals surface area contributed by atoms with Gasteiger partial charge in [-0.05, 0) is 24.6 Å². The van der Waals surface area contributed by atoms with E-state index in [0.29, 0.717) is 25.1 Å². The molecule has 0 bridgehead atoms. The summed E-state index contributed by atoms with van der Waals surface area (Å²) in [5, 5.41) is 0. The first-order valence-electron chi connectivity index (χ1n) is 5.39. The summed E-state index contributed by atoms with van der Waals surface area (Å²) in [5.74, 6) is -1.69. The van der Waals surface area contributed by atoms with Gasteiger partial charge in [0, 0.05) is 19.2 Å². The molecule has 2 nitrogen and oxygen atoms in total. The molecule has 1 aromatic rings. The van der Waals surface area contributed by atoms with Crippen LogP contribution in [0, 0.1) is 5.82 Å². The molecule has 0 saturated carbocycles. The molecule has 1 rings (SSSR count). The van der Waals surface area contributed by atoms with Crippen LogP contribution >= 0.6 is 0 Å². The molecule has 1 aromatic carbocycles. The van der Waals surface area contributed by atoms with Crippen LogP contribution in [-0.4, -0.2) is 24.4 Å². The van der Waals surface area contributed by atoms with Crippen LogP contribution < -0.4 is 0 Å². The molecule has 0 aromatic heterocycles. The Bertz CT molecular complexity index is 442. The highest BCUT2D eigenvalue weighted by Crippen LogP contribution is 2.30. The van der Waals surface area contributed by atoms with Gasteiger partial charge in [0.25, 0.3) is 5.91 Å². The summed E-state index contributed by atoms with van der Waals surface area (Å²) in [4.78, 5) is 13.0. The van der Waals surface area contributed by atoms with E-state index in [0.717, 1.165) is 6.07 Å². The quantitative estimate of drug-likeness (QED) is 0.766. The van der Waals surface area contributed by atoms with Crippen LogP contribution in [-0.2, 0) is 6.18 Å². The monoisotopic (exact) mass is 263 g/mol. The number of carbonyl (C=O) groups is 1. The zero-order chi connectivity index (χ0) is 13.9. The Balaban J connectivity index is 3.10. The lowest BCUT2D eigenvalue weighted by Crippen LogP contribution is -2.27. The van der Waals surface area contributed by atoms with E-state index in [1.54, 1.807) is 0 Å². The molecule has 0 unspecified atom stereocenters. The average molecular weight is 263 g/mol. The summed E-state index contributed by atoms with van der Waals surface area (Å²) >= 11 is 0. The smallest absolute Gasteiger partial charge is 0.342 e.